The van der Waals surface area contributed by atoms with Crippen molar-refractivity contribution in [3.05, 3.63) is 152 Å². The predicted molar refractivity (Wildman–Crippen MR) is 176 cm³/mol. The lowest BCUT2D eigenvalue weighted by Crippen LogP contribution is -1.94. The van der Waals surface area contributed by atoms with Crippen LogP contribution in [0.15, 0.2) is 152 Å². The van der Waals surface area contributed by atoms with E-state index in [2.05, 4.69) is 156 Å². The molecule has 0 atom stereocenters. The van der Waals surface area contributed by atoms with Crippen LogP contribution in [0.1, 0.15) is 0 Å². The summed E-state index contributed by atoms with van der Waals surface area (Å²) < 4.78 is 2.41. The number of aromatic nitrogens is 1. The summed E-state index contributed by atoms with van der Waals surface area (Å²) in [4.78, 5) is 0. The quantitative estimate of drug-likeness (QED) is 0.200. The Kier molecular flexibility index (Phi) is 4.67. The molecule has 41 heavy (non-hydrogen) atoms. The number of para-hydroxylation sites is 2. The van der Waals surface area contributed by atoms with Gasteiger partial charge >= 0.3 is 0 Å². The van der Waals surface area contributed by atoms with Gasteiger partial charge in [-0.2, -0.15) is 0 Å². The zero-order valence-electron chi connectivity index (χ0n) is 22.4. The van der Waals surface area contributed by atoms with Crippen LogP contribution in [0.5, 0.6) is 0 Å². The largest absolute Gasteiger partial charge is 0.309 e. The molecule has 0 fully saturated rings. The third kappa shape index (κ3) is 3.30. The molecule has 1 heterocycles. The zero-order valence-corrected chi connectivity index (χ0v) is 22.4. The maximum atomic E-state index is 2.41. The Hall–Kier alpha value is -5.40. The molecule has 1 aromatic heterocycles. The van der Waals surface area contributed by atoms with E-state index in [1.165, 1.54) is 81.7 Å². The molecule has 0 aliphatic rings. The molecular formula is C40H25N. The molecule has 9 aromatic rings. The highest BCUT2D eigenvalue weighted by Crippen LogP contribution is 2.39. The molecule has 0 N–H and O–H groups in total. The maximum Gasteiger partial charge on any atom is 0.0541 e. The van der Waals surface area contributed by atoms with Crippen molar-refractivity contribution in [2.75, 3.05) is 0 Å². The van der Waals surface area contributed by atoms with Crippen molar-refractivity contribution in [2.24, 2.45) is 0 Å². The normalized spacial score (nSPS) is 11.9. The van der Waals surface area contributed by atoms with Gasteiger partial charge < -0.3 is 4.57 Å². The number of hydrogen-bond acceptors (Lipinski definition) is 0. The Morgan fingerprint density at radius 3 is 1.49 bits per heavy atom. The molecule has 8 aromatic carbocycles. The van der Waals surface area contributed by atoms with E-state index in [1.807, 2.05) is 0 Å². The molecule has 0 radical (unpaired) electrons. The summed E-state index contributed by atoms with van der Waals surface area (Å²) in [7, 11) is 0. The van der Waals surface area contributed by atoms with Crippen LogP contribution in [0, 0.1) is 0 Å². The van der Waals surface area contributed by atoms with Gasteiger partial charge in [-0.1, -0.05) is 115 Å². The van der Waals surface area contributed by atoms with E-state index in [0.29, 0.717) is 0 Å². The number of nitrogens with zero attached hydrogens (tertiary/aromatic N) is 1. The van der Waals surface area contributed by atoms with E-state index < -0.39 is 0 Å². The first kappa shape index (κ1) is 22.4. The topological polar surface area (TPSA) is 4.93 Å². The first-order chi connectivity index (χ1) is 20.3. The van der Waals surface area contributed by atoms with Gasteiger partial charge in [0.15, 0.2) is 0 Å². The monoisotopic (exact) mass is 519 g/mol. The van der Waals surface area contributed by atoms with Crippen LogP contribution in [0.3, 0.4) is 0 Å². The summed E-state index contributed by atoms with van der Waals surface area (Å²) >= 11 is 0. The van der Waals surface area contributed by atoms with Gasteiger partial charge in [0, 0.05) is 16.5 Å². The lowest BCUT2D eigenvalue weighted by Gasteiger charge is -2.15. The van der Waals surface area contributed by atoms with Crippen molar-refractivity contribution >= 4 is 64.9 Å². The second-order valence-electron chi connectivity index (χ2n) is 11.0. The van der Waals surface area contributed by atoms with Gasteiger partial charge in [0.2, 0.25) is 0 Å². The summed E-state index contributed by atoms with van der Waals surface area (Å²) in [6.07, 6.45) is 0. The van der Waals surface area contributed by atoms with Gasteiger partial charge in [-0.05, 0) is 90.6 Å². The summed E-state index contributed by atoms with van der Waals surface area (Å²) in [5.41, 5.74) is 6.15. The number of benzene rings is 8. The van der Waals surface area contributed by atoms with Gasteiger partial charge in [-0.15, -0.1) is 0 Å². The summed E-state index contributed by atoms with van der Waals surface area (Å²) in [6, 6.07) is 55.6. The summed E-state index contributed by atoms with van der Waals surface area (Å²) in [5.74, 6) is 0. The number of hydrogen-bond donors (Lipinski definition) is 0. The molecule has 0 spiro atoms. The molecule has 0 saturated heterocycles. The third-order valence-corrected chi connectivity index (χ3v) is 8.74. The Bertz CT molecular complexity index is 2400. The SMILES string of the molecule is c1ccc2cc(-c3ccc4c5ccc(-n6c7ccccc7c7ccccc76)cc5c5ccccc5c4c3)ccc2c1. The Labute approximate surface area is 237 Å². The smallest absolute Gasteiger partial charge is 0.0541 e. The van der Waals surface area contributed by atoms with Crippen LogP contribution in [0.2, 0.25) is 0 Å². The average Bonchev–Trinajstić information content (AvgIpc) is 3.38. The summed E-state index contributed by atoms with van der Waals surface area (Å²) in [6.45, 7) is 0. The minimum atomic E-state index is 1.19. The van der Waals surface area contributed by atoms with Crippen molar-refractivity contribution in [1.29, 1.82) is 0 Å². The minimum absolute atomic E-state index is 1.19. The van der Waals surface area contributed by atoms with Gasteiger partial charge in [0.1, 0.15) is 0 Å². The molecule has 0 unspecified atom stereocenters. The second kappa shape index (κ2) is 8.55. The molecule has 0 aliphatic carbocycles. The van der Waals surface area contributed by atoms with Crippen molar-refractivity contribution in [2.45, 2.75) is 0 Å². The lowest BCUT2D eigenvalue weighted by atomic mass is 9.91. The van der Waals surface area contributed by atoms with Crippen molar-refractivity contribution in [3.8, 4) is 16.8 Å². The molecule has 9 rings (SSSR count). The third-order valence-electron chi connectivity index (χ3n) is 8.74. The van der Waals surface area contributed by atoms with Crippen molar-refractivity contribution < 1.29 is 0 Å². The van der Waals surface area contributed by atoms with Crippen LogP contribution in [0.4, 0.5) is 0 Å². The van der Waals surface area contributed by atoms with E-state index in [-0.39, 0.29) is 0 Å². The molecule has 0 bridgehead atoms. The first-order valence-electron chi connectivity index (χ1n) is 14.2. The molecule has 1 heteroatoms. The maximum absolute atomic E-state index is 2.41. The molecule has 0 aliphatic heterocycles. The fourth-order valence-electron chi connectivity index (χ4n) is 6.83. The Morgan fingerprint density at radius 1 is 0.293 bits per heavy atom. The predicted octanol–water partition coefficient (Wildman–Crippen LogP) is 11.1. The van der Waals surface area contributed by atoms with Gasteiger partial charge in [-0.3, -0.25) is 0 Å². The van der Waals surface area contributed by atoms with Crippen molar-refractivity contribution in [3.63, 3.8) is 0 Å². The highest BCUT2D eigenvalue weighted by molar-refractivity contribution is 6.26. The average molecular weight is 520 g/mol. The van der Waals surface area contributed by atoms with E-state index in [9.17, 15) is 0 Å². The molecule has 0 saturated carbocycles. The highest BCUT2D eigenvalue weighted by atomic mass is 15.0. The first-order valence-corrected chi connectivity index (χ1v) is 14.2. The van der Waals surface area contributed by atoms with Gasteiger partial charge in [0.05, 0.1) is 11.0 Å². The minimum Gasteiger partial charge on any atom is -0.309 e. The van der Waals surface area contributed by atoms with Crippen molar-refractivity contribution in [1.82, 2.24) is 4.57 Å². The van der Waals surface area contributed by atoms with Gasteiger partial charge in [-0.25, -0.2) is 0 Å². The standard InChI is InChI=1S/C40H25N/c1-2-10-27-23-28(18-17-26(27)9-1)29-19-21-33-34-22-20-30(25-38(34)32-12-4-3-11-31(32)37(33)24-29)41-39-15-7-5-13-35(39)36-14-6-8-16-40(36)41/h1-25H. The summed E-state index contributed by atoms with van der Waals surface area (Å²) in [5, 5.41) is 12.8. The molecular weight excluding hydrogens is 494 g/mol. The van der Waals surface area contributed by atoms with Crippen LogP contribution in [-0.2, 0) is 0 Å². The Balaban J connectivity index is 1.31. The fourth-order valence-corrected chi connectivity index (χ4v) is 6.83. The highest BCUT2D eigenvalue weighted by Gasteiger charge is 2.15. The molecule has 1 nitrogen and oxygen atoms in total. The Morgan fingerprint density at radius 2 is 0.780 bits per heavy atom. The van der Waals surface area contributed by atoms with Crippen LogP contribution < -0.4 is 0 Å². The van der Waals surface area contributed by atoms with Crippen LogP contribution >= 0.6 is 0 Å². The van der Waals surface area contributed by atoms with Crippen LogP contribution in [0.25, 0.3) is 81.7 Å². The van der Waals surface area contributed by atoms with E-state index in [4.69, 9.17) is 0 Å². The van der Waals surface area contributed by atoms with Gasteiger partial charge in [0.25, 0.3) is 0 Å². The van der Waals surface area contributed by atoms with Crippen LogP contribution in [-0.4, -0.2) is 4.57 Å². The lowest BCUT2D eigenvalue weighted by molar-refractivity contribution is 1.19. The molecule has 0 amide bonds. The molecule has 190 valence electrons. The number of fused-ring (bicyclic) bond motifs is 10. The zero-order chi connectivity index (χ0) is 26.9. The second-order valence-corrected chi connectivity index (χ2v) is 11.0. The van der Waals surface area contributed by atoms with E-state index in [1.54, 1.807) is 0 Å². The number of rotatable bonds is 2. The van der Waals surface area contributed by atoms with E-state index >= 15 is 0 Å². The fraction of sp³-hybridized carbons (Fsp3) is 0. The van der Waals surface area contributed by atoms with E-state index in [0.717, 1.165) is 0 Å².